The molecule has 2 heterocycles. The van der Waals surface area contributed by atoms with Crippen LogP contribution in [0.5, 0.6) is 0 Å². The van der Waals surface area contributed by atoms with Gasteiger partial charge in [-0.1, -0.05) is 25.7 Å². The molecule has 1 saturated carbocycles. The molecule has 2 aromatic rings. The molecule has 0 amide bonds. The van der Waals surface area contributed by atoms with Crippen molar-refractivity contribution in [3.8, 4) is 11.4 Å². The number of nitrogens with two attached hydrogens (primary N) is 1. The summed E-state index contributed by atoms with van der Waals surface area (Å²) in [5, 5.41) is 8.89. The van der Waals surface area contributed by atoms with E-state index < -0.39 is 0 Å². The van der Waals surface area contributed by atoms with Crippen molar-refractivity contribution in [2.45, 2.75) is 44.6 Å². The van der Waals surface area contributed by atoms with Crippen LogP contribution in [0.3, 0.4) is 0 Å². The Hall–Kier alpha value is -1.78. The second-order valence-corrected chi connectivity index (χ2v) is 5.40. The van der Waals surface area contributed by atoms with E-state index in [0.29, 0.717) is 6.04 Å². The Morgan fingerprint density at radius 2 is 1.95 bits per heavy atom. The first-order valence-electron chi connectivity index (χ1n) is 7.08. The molecule has 0 spiro atoms. The summed E-state index contributed by atoms with van der Waals surface area (Å²) in [5.41, 5.74) is 8.69. The molecule has 2 N–H and O–H groups in total. The van der Waals surface area contributed by atoms with Gasteiger partial charge in [-0.05, 0) is 18.9 Å². The van der Waals surface area contributed by atoms with E-state index in [1.165, 1.54) is 38.5 Å². The second-order valence-electron chi connectivity index (χ2n) is 5.40. The third kappa shape index (κ3) is 2.37. The molecule has 0 bridgehead atoms. The fraction of sp³-hybridized carbons (Fsp3) is 0.571. The molecule has 102 valence electrons. The lowest BCUT2D eigenvalue weighted by Crippen LogP contribution is -2.08. The summed E-state index contributed by atoms with van der Waals surface area (Å²) in [6.45, 7) is 0. The van der Waals surface area contributed by atoms with Gasteiger partial charge in [0.05, 0.1) is 17.4 Å². The Labute approximate surface area is 113 Å². The second kappa shape index (κ2) is 5.07. The highest BCUT2D eigenvalue weighted by Gasteiger charge is 2.18. The van der Waals surface area contributed by atoms with E-state index in [1.807, 2.05) is 24.0 Å². The van der Waals surface area contributed by atoms with Crippen molar-refractivity contribution in [1.82, 2.24) is 19.6 Å². The number of hydrogen-bond acceptors (Lipinski definition) is 3. The lowest BCUT2D eigenvalue weighted by Gasteiger charge is -2.14. The minimum absolute atomic E-state index is 0.506. The molecule has 0 saturated heterocycles. The summed E-state index contributed by atoms with van der Waals surface area (Å²) in [7, 11) is 1.92. The van der Waals surface area contributed by atoms with E-state index in [2.05, 4.69) is 9.78 Å². The van der Waals surface area contributed by atoms with Crippen LogP contribution in [0.15, 0.2) is 18.5 Å². The quantitative estimate of drug-likeness (QED) is 0.843. The van der Waals surface area contributed by atoms with E-state index >= 15 is 0 Å². The Morgan fingerprint density at radius 1 is 1.21 bits per heavy atom. The first-order chi connectivity index (χ1) is 9.25. The number of nitrogens with zero attached hydrogens (tertiary/aromatic N) is 4. The Kier molecular flexibility index (Phi) is 3.27. The highest BCUT2D eigenvalue weighted by Crippen LogP contribution is 2.30. The summed E-state index contributed by atoms with van der Waals surface area (Å²) in [6, 6.07) is 2.46. The van der Waals surface area contributed by atoms with E-state index in [9.17, 15) is 0 Å². The van der Waals surface area contributed by atoms with Crippen molar-refractivity contribution in [2.75, 3.05) is 5.73 Å². The maximum Gasteiger partial charge on any atom is 0.133 e. The number of aryl methyl sites for hydroxylation is 1. The van der Waals surface area contributed by atoms with Crippen LogP contribution in [0.4, 0.5) is 5.69 Å². The predicted molar refractivity (Wildman–Crippen MR) is 75.6 cm³/mol. The molecule has 3 rings (SSSR count). The molecule has 19 heavy (non-hydrogen) atoms. The lowest BCUT2D eigenvalue weighted by molar-refractivity contribution is 0.406. The molecule has 5 nitrogen and oxygen atoms in total. The van der Waals surface area contributed by atoms with Crippen LogP contribution < -0.4 is 5.73 Å². The third-order valence-electron chi connectivity index (χ3n) is 4.02. The molecular formula is C14H21N5. The van der Waals surface area contributed by atoms with Crippen LogP contribution >= 0.6 is 0 Å². The van der Waals surface area contributed by atoms with Crippen LogP contribution in [0.1, 0.15) is 44.6 Å². The summed E-state index contributed by atoms with van der Waals surface area (Å²) in [5.74, 6) is 0. The van der Waals surface area contributed by atoms with E-state index in [1.54, 1.807) is 6.20 Å². The molecule has 0 radical (unpaired) electrons. The smallest absolute Gasteiger partial charge is 0.133 e. The maximum atomic E-state index is 6.12. The fourth-order valence-corrected chi connectivity index (χ4v) is 2.92. The maximum absolute atomic E-state index is 6.12. The van der Waals surface area contributed by atoms with Crippen LogP contribution in [-0.2, 0) is 7.05 Å². The minimum atomic E-state index is 0.506. The number of anilines is 1. The average Bonchev–Trinajstić information content (AvgIpc) is 2.86. The van der Waals surface area contributed by atoms with Gasteiger partial charge in [-0.15, -0.1) is 0 Å². The molecule has 0 aromatic carbocycles. The van der Waals surface area contributed by atoms with Crippen molar-refractivity contribution in [3.05, 3.63) is 18.5 Å². The fourth-order valence-electron chi connectivity index (χ4n) is 2.92. The van der Waals surface area contributed by atoms with Crippen LogP contribution in [0, 0.1) is 0 Å². The SMILES string of the molecule is Cn1nccc1-c1nn(C2CCCCCC2)cc1N. The molecule has 0 unspecified atom stereocenters. The standard InChI is InChI=1S/C14H21N5/c1-18-13(8-9-16-18)14-12(15)10-19(17-14)11-6-4-2-3-5-7-11/h8-11H,2-7,15H2,1H3. The van der Waals surface area contributed by atoms with Gasteiger partial charge in [-0.2, -0.15) is 10.2 Å². The highest BCUT2D eigenvalue weighted by atomic mass is 15.3. The number of hydrogen-bond donors (Lipinski definition) is 1. The van der Waals surface area contributed by atoms with Gasteiger partial charge in [0.2, 0.25) is 0 Å². The first-order valence-corrected chi connectivity index (χ1v) is 7.08. The van der Waals surface area contributed by atoms with Crippen molar-refractivity contribution < 1.29 is 0 Å². The van der Waals surface area contributed by atoms with Crippen molar-refractivity contribution >= 4 is 5.69 Å². The van der Waals surface area contributed by atoms with Gasteiger partial charge in [0.15, 0.2) is 0 Å². The Bertz CT molecular complexity index is 546. The molecular weight excluding hydrogens is 238 g/mol. The van der Waals surface area contributed by atoms with Crippen molar-refractivity contribution in [1.29, 1.82) is 0 Å². The van der Waals surface area contributed by atoms with Gasteiger partial charge < -0.3 is 5.73 Å². The predicted octanol–water partition coefficient (Wildman–Crippen LogP) is 2.76. The largest absolute Gasteiger partial charge is 0.396 e. The van der Waals surface area contributed by atoms with Gasteiger partial charge in [0, 0.05) is 19.4 Å². The molecule has 1 aliphatic rings. The van der Waals surface area contributed by atoms with Crippen LogP contribution in [0.25, 0.3) is 11.4 Å². The van der Waals surface area contributed by atoms with E-state index in [-0.39, 0.29) is 0 Å². The zero-order chi connectivity index (χ0) is 13.2. The summed E-state index contributed by atoms with van der Waals surface area (Å²) in [4.78, 5) is 0. The van der Waals surface area contributed by atoms with Gasteiger partial charge in [0.1, 0.15) is 5.69 Å². The number of rotatable bonds is 2. The summed E-state index contributed by atoms with van der Waals surface area (Å²) in [6.07, 6.45) is 11.5. The van der Waals surface area contributed by atoms with Gasteiger partial charge >= 0.3 is 0 Å². The molecule has 1 fully saturated rings. The van der Waals surface area contributed by atoms with Crippen LogP contribution in [0.2, 0.25) is 0 Å². The molecule has 0 atom stereocenters. The van der Waals surface area contributed by atoms with Crippen molar-refractivity contribution in [2.24, 2.45) is 7.05 Å². The lowest BCUT2D eigenvalue weighted by atomic mass is 10.1. The topological polar surface area (TPSA) is 61.7 Å². The third-order valence-corrected chi connectivity index (χ3v) is 4.02. The van der Waals surface area contributed by atoms with Gasteiger partial charge in [-0.25, -0.2) is 0 Å². The van der Waals surface area contributed by atoms with Crippen molar-refractivity contribution in [3.63, 3.8) is 0 Å². The Morgan fingerprint density at radius 3 is 2.58 bits per heavy atom. The first kappa shape index (κ1) is 12.3. The Balaban J connectivity index is 1.90. The van der Waals surface area contributed by atoms with Crippen LogP contribution in [-0.4, -0.2) is 19.6 Å². The molecule has 2 aromatic heterocycles. The van der Waals surface area contributed by atoms with Gasteiger partial charge in [-0.3, -0.25) is 9.36 Å². The zero-order valence-electron chi connectivity index (χ0n) is 11.4. The highest BCUT2D eigenvalue weighted by molar-refractivity contribution is 5.69. The zero-order valence-corrected chi connectivity index (χ0v) is 11.4. The molecule has 0 aliphatic heterocycles. The number of aromatic nitrogens is 4. The molecule has 1 aliphatic carbocycles. The summed E-state index contributed by atoms with van der Waals surface area (Å²) < 4.78 is 3.89. The van der Waals surface area contributed by atoms with E-state index in [0.717, 1.165) is 17.1 Å². The average molecular weight is 259 g/mol. The molecule has 5 heteroatoms. The monoisotopic (exact) mass is 259 g/mol. The minimum Gasteiger partial charge on any atom is -0.396 e. The van der Waals surface area contributed by atoms with Gasteiger partial charge in [0.25, 0.3) is 0 Å². The number of nitrogen functional groups attached to an aromatic ring is 1. The summed E-state index contributed by atoms with van der Waals surface area (Å²) >= 11 is 0. The normalized spacial score (nSPS) is 17.5. The van der Waals surface area contributed by atoms with E-state index in [4.69, 9.17) is 10.8 Å².